The van der Waals surface area contributed by atoms with E-state index >= 15 is 0 Å². The van der Waals surface area contributed by atoms with E-state index < -0.39 is 5.97 Å². The minimum Gasteiger partial charge on any atom is -0.489 e. The molecule has 0 bridgehead atoms. The van der Waals surface area contributed by atoms with Crippen molar-refractivity contribution >= 4 is 11.9 Å². The van der Waals surface area contributed by atoms with Crippen LogP contribution < -0.4 is 10.1 Å². The van der Waals surface area contributed by atoms with Crippen molar-refractivity contribution in [3.05, 3.63) is 42.2 Å². The second-order valence-electron chi connectivity index (χ2n) is 6.43. The molecule has 2 aromatic rings. The van der Waals surface area contributed by atoms with E-state index in [1.165, 1.54) is 0 Å². The highest BCUT2D eigenvalue weighted by Crippen LogP contribution is 2.20. The number of carbonyl (C=O) groups excluding carboxylic acids is 1. The number of nitrogens with one attached hydrogen (secondary N) is 1. The lowest BCUT2D eigenvalue weighted by Crippen LogP contribution is -2.26. The Morgan fingerprint density at radius 3 is 2.62 bits per heavy atom. The van der Waals surface area contributed by atoms with Crippen molar-refractivity contribution in [3.8, 4) is 11.4 Å². The van der Waals surface area contributed by atoms with Crippen LogP contribution in [0.15, 0.2) is 36.5 Å². The predicted octanol–water partition coefficient (Wildman–Crippen LogP) is 2.89. The molecule has 0 atom stereocenters. The first-order valence-corrected chi connectivity index (χ1v) is 8.75. The summed E-state index contributed by atoms with van der Waals surface area (Å²) in [5.74, 6) is -0.399. The summed E-state index contributed by atoms with van der Waals surface area (Å²) >= 11 is 0. The lowest BCUT2D eigenvalue weighted by molar-refractivity contribution is -0.137. The summed E-state index contributed by atoms with van der Waals surface area (Å²) in [4.78, 5) is 23.0. The summed E-state index contributed by atoms with van der Waals surface area (Å²) < 4.78 is 7.38. The maximum Gasteiger partial charge on any atom is 0.303 e. The largest absolute Gasteiger partial charge is 0.489 e. The van der Waals surface area contributed by atoms with Crippen LogP contribution in [0.1, 0.15) is 43.6 Å². The van der Waals surface area contributed by atoms with E-state index in [4.69, 9.17) is 9.84 Å². The number of ether oxygens (including phenoxy) is 1. The zero-order valence-corrected chi connectivity index (χ0v) is 15.1. The topological polar surface area (TPSA) is 93.5 Å². The number of aromatic nitrogens is 2. The number of carboxylic acid groups (broad SMARTS) is 1. The number of amides is 1. The van der Waals surface area contributed by atoms with Crippen LogP contribution in [0.4, 0.5) is 0 Å². The van der Waals surface area contributed by atoms with Crippen LogP contribution >= 0.6 is 0 Å². The molecular weight excluding hydrogens is 334 g/mol. The first kappa shape index (κ1) is 19.5. The van der Waals surface area contributed by atoms with Crippen LogP contribution in [0.2, 0.25) is 0 Å². The van der Waals surface area contributed by atoms with Crippen molar-refractivity contribution < 1.29 is 19.4 Å². The summed E-state index contributed by atoms with van der Waals surface area (Å²) in [6, 6.07) is 9.50. The molecule has 2 rings (SSSR count). The molecule has 0 unspecified atom stereocenters. The Hall–Kier alpha value is -2.83. The molecule has 0 aliphatic carbocycles. The van der Waals surface area contributed by atoms with Crippen LogP contribution in [-0.2, 0) is 4.79 Å². The highest BCUT2D eigenvalue weighted by Gasteiger charge is 2.19. The van der Waals surface area contributed by atoms with Gasteiger partial charge in [0.2, 0.25) is 0 Å². The van der Waals surface area contributed by atoms with Crippen LogP contribution in [0.5, 0.6) is 5.75 Å². The molecule has 0 saturated carbocycles. The summed E-state index contributed by atoms with van der Waals surface area (Å²) in [5, 5.41) is 15.8. The number of rotatable bonds is 10. The van der Waals surface area contributed by atoms with E-state index in [9.17, 15) is 9.59 Å². The maximum absolute atomic E-state index is 12.5. The fraction of sp³-hybridized carbons (Fsp3) is 0.421. The molecular formula is C19H25N3O4. The van der Waals surface area contributed by atoms with Gasteiger partial charge >= 0.3 is 5.97 Å². The zero-order valence-electron chi connectivity index (χ0n) is 15.1. The molecule has 1 aromatic carbocycles. The fourth-order valence-corrected chi connectivity index (χ4v) is 2.28. The second-order valence-corrected chi connectivity index (χ2v) is 6.43. The van der Waals surface area contributed by atoms with E-state index in [0.717, 1.165) is 5.69 Å². The molecule has 0 spiro atoms. The Morgan fingerprint density at radius 1 is 1.23 bits per heavy atom. The molecule has 7 heteroatoms. The van der Waals surface area contributed by atoms with E-state index in [-0.39, 0.29) is 18.0 Å². The van der Waals surface area contributed by atoms with Crippen molar-refractivity contribution in [2.75, 3.05) is 13.2 Å². The minimum absolute atomic E-state index is 0.0985. The van der Waals surface area contributed by atoms with Crippen molar-refractivity contribution in [2.45, 2.75) is 33.1 Å². The Kier molecular flexibility index (Phi) is 7.20. The van der Waals surface area contributed by atoms with Gasteiger partial charge in [-0.25, -0.2) is 4.68 Å². The fourth-order valence-electron chi connectivity index (χ4n) is 2.28. The Balaban J connectivity index is 2.07. The molecule has 7 nitrogen and oxygen atoms in total. The van der Waals surface area contributed by atoms with Crippen molar-refractivity contribution in [1.29, 1.82) is 0 Å². The summed E-state index contributed by atoms with van der Waals surface area (Å²) in [6.45, 7) is 4.95. The van der Waals surface area contributed by atoms with Crippen LogP contribution in [0.3, 0.4) is 0 Å². The molecule has 0 saturated heterocycles. The third-order valence-corrected chi connectivity index (χ3v) is 3.59. The Bertz CT molecular complexity index is 726. The molecule has 0 aliphatic heterocycles. The highest BCUT2D eigenvalue weighted by atomic mass is 16.5. The number of hydrogen-bond acceptors (Lipinski definition) is 4. The molecule has 0 radical (unpaired) electrons. The van der Waals surface area contributed by atoms with Gasteiger partial charge in [-0.15, -0.1) is 0 Å². The number of aliphatic carboxylic acids is 1. The van der Waals surface area contributed by atoms with Gasteiger partial charge in [0.25, 0.3) is 5.91 Å². The first-order valence-electron chi connectivity index (χ1n) is 8.75. The number of carbonyl (C=O) groups is 2. The van der Waals surface area contributed by atoms with Gasteiger partial charge in [0.1, 0.15) is 0 Å². The van der Waals surface area contributed by atoms with Gasteiger partial charge in [-0.1, -0.05) is 32.0 Å². The Labute approximate surface area is 153 Å². The number of carboxylic acids is 1. The van der Waals surface area contributed by atoms with E-state index in [2.05, 4.69) is 10.4 Å². The Morgan fingerprint density at radius 2 is 1.96 bits per heavy atom. The third kappa shape index (κ3) is 5.91. The number of para-hydroxylation sites is 1. The van der Waals surface area contributed by atoms with Gasteiger partial charge in [0.15, 0.2) is 11.4 Å². The normalized spacial score (nSPS) is 10.7. The van der Waals surface area contributed by atoms with Crippen LogP contribution in [-0.4, -0.2) is 39.9 Å². The molecule has 1 aromatic heterocycles. The number of nitrogens with zero attached hydrogens (tertiary/aromatic N) is 2. The van der Waals surface area contributed by atoms with Crippen LogP contribution in [0, 0.1) is 5.92 Å². The number of hydrogen-bond donors (Lipinski definition) is 2. The standard InChI is InChI=1S/C19H25N3O4/c1-14(2)13-26-16-12-22(15-8-4-3-5-9-15)21-18(16)19(25)20-11-7-6-10-17(23)24/h3-5,8-9,12,14H,6-7,10-11,13H2,1-2H3,(H,20,25)(H,23,24). The van der Waals surface area contributed by atoms with E-state index in [0.29, 0.717) is 37.7 Å². The maximum atomic E-state index is 12.5. The van der Waals surface area contributed by atoms with Crippen molar-refractivity contribution in [1.82, 2.24) is 15.1 Å². The van der Waals surface area contributed by atoms with Gasteiger partial charge in [-0.2, -0.15) is 5.10 Å². The molecule has 26 heavy (non-hydrogen) atoms. The van der Waals surface area contributed by atoms with Crippen LogP contribution in [0.25, 0.3) is 5.69 Å². The lowest BCUT2D eigenvalue weighted by atomic mass is 10.2. The lowest BCUT2D eigenvalue weighted by Gasteiger charge is -2.08. The average Bonchev–Trinajstić information content (AvgIpc) is 3.04. The molecule has 0 fully saturated rings. The monoisotopic (exact) mass is 359 g/mol. The molecule has 1 amide bonds. The zero-order chi connectivity index (χ0) is 18.9. The van der Waals surface area contributed by atoms with E-state index in [1.54, 1.807) is 10.9 Å². The van der Waals surface area contributed by atoms with Gasteiger partial charge < -0.3 is 15.2 Å². The predicted molar refractivity (Wildman–Crippen MR) is 97.7 cm³/mol. The average molecular weight is 359 g/mol. The number of benzene rings is 1. The van der Waals surface area contributed by atoms with Crippen molar-refractivity contribution in [3.63, 3.8) is 0 Å². The summed E-state index contributed by atoms with van der Waals surface area (Å²) in [5.41, 5.74) is 1.06. The molecule has 1 heterocycles. The third-order valence-electron chi connectivity index (χ3n) is 3.59. The second kappa shape index (κ2) is 9.60. The van der Waals surface area contributed by atoms with Gasteiger partial charge in [-0.3, -0.25) is 9.59 Å². The van der Waals surface area contributed by atoms with Gasteiger partial charge in [0, 0.05) is 13.0 Å². The molecule has 2 N–H and O–H groups in total. The smallest absolute Gasteiger partial charge is 0.303 e. The van der Waals surface area contributed by atoms with Crippen molar-refractivity contribution in [2.24, 2.45) is 5.92 Å². The minimum atomic E-state index is -0.831. The summed E-state index contributed by atoms with van der Waals surface area (Å²) in [6.07, 6.45) is 2.92. The molecule has 0 aliphatic rings. The highest BCUT2D eigenvalue weighted by molar-refractivity contribution is 5.94. The summed E-state index contributed by atoms with van der Waals surface area (Å²) in [7, 11) is 0. The first-order chi connectivity index (χ1) is 12.5. The van der Waals surface area contributed by atoms with E-state index in [1.807, 2.05) is 44.2 Å². The number of unbranched alkanes of at least 4 members (excludes halogenated alkanes) is 1. The SMILES string of the molecule is CC(C)COc1cn(-c2ccccc2)nc1C(=O)NCCCCC(=O)O. The van der Waals surface area contributed by atoms with Gasteiger partial charge in [0.05, 0.1) is 18.5 Å². The van der Waals surface area contributed by atoms with Gasteiger partial charge in [-0.05, 0) is 30.9 Å². The molecule has 140 valence electrons. The quantitative estimate of drug-likeness (QED) is 0.636.